The number of nitrogens with zero attached hydrogens (tertiary/aromatic N) is 3. The first-order valence-electron chi connectivity index (χ1n) is 8.17. The summed E-state index contributed by atoms with van der Waals surface area (Å²) >= 11 is 3.55. The number of thioether (sulfide) groups is 1. The van der Waals surface area contributed by atoms with E-state index >= 15 is 0 Å². The summed E-state index contributed by atoms with van der Waals surface area (Å²) in [6, 6.07) is 17.4. The van der Waals surface area contributed by atoms with Crippen molar-refractivity contribution in [2.45, 2.75) is 5.16 Å². The van der Waals surface area contributed by atoms with Crippen molar-refractivity contribution in [3.05, 3.63) is 58.2 Å². The summed E-state index contributed by atoms with van der Waals surface area (Å²) in [5, 5.41) is 13.0. The van der Waals surface area contributed by atoms with Crippen LogP contribution in [0.2, 0.25) is 0 Å². The van der Waals surface area contributed by atoms with E-state index in [1.54, 1.807) is 0 Å². The number of hydrogen-bond acceptors (Lipinski definition) is 5. The number of para-hydroxylation sites is 1. The molecule has 0 atom stereocenters. The lowest BCUT2D eigenvalue weighted by Crippen LogP contribution is -2.14. The Kier molecular flexibility index (Phi) is 5.17. The number of hydrogen-bond donors (Lipinski definition) is 1. The van der Waals surface area contributed by atoms with E-state index in [0.29, 0.717) is 16.7 Å². The quantitative estimate of drug-likeness (QED) is 0.328. The van der Waals surface area contributed by atoms with Gasteiger partial charge >= 0.3 is 0 Å². The fraction of sp³-hybridized carbons (Fsp3) is 0.105. The van der Waals surface area contributed by atoms with E-state index in [2.05, 4.69) is 38.1 Å². The van der Waals surface area contributed by atoms with Gasteiger partial charge in [0.2, 0.25) is 5.91 Å². The summed E-state index contributed by atoms with van der Waals surface area (Å²) in [6.07, 6.45) is 0. The Bertz CT molecular complexity index is 1090. The van der Waals surface area contributed by atoms with Gasteiger partial charge in [0.1, 0.15) is 5.58 Å². The predicted octanol–water partition coefficient (Wildman–Crippen LogP) is 4.56. The lowest BCUT2D eigenvalue weighted by molar-refractivity contribution is -0.113. The van der Waals surface area contributed by atoms with Crippen molar-refractivity contribution in [3.8, 4) is 11.6 Å². The first-order chi connectivity index (χ1) is 13.1. The molecule has 27 heavy (non-hydrogen) atoms. The van der Waals surface area contributed by atoms with Gasteiger partial charge in [-0.3, -0.25) is 4.79 Å². The zero-order valence-electron chi connectivity index (χ0n) is 14.3. The number of carbonyl (C=O) groups is 1. The Hall–Kier alpha value is -2.33. The fourth-order valence-corrected chi connectivity index (χ4v) is 3.89. The fourth-order valence-electron chi connectivity index (χ4n) is 2.64. The van der Waals surface area contributed by atoms with E-state index in [9.17, 15) is 4.79 Å². The van der Waals surface area contributed by atoms with Gasteiger partial charge in [0.25, 0.3) is 0 Å². The van der Waals surface area contributed by atoms with Crippen LogP contribution < -0.4 is 5.32 Å². The molecule has 0 spiro atoms. The van der Waals surface area contributed by atoms with Crippen molar-refractivity contribution in [1.29, 1.82) is 0 Å². The van der Waals surface area contributed by atoms with Crippen LogP contribution in [0.4, 0.5) is 5.69 Å². The average Bonchev–Trinajstić information content (AvgIpc) is 3.23. The summed E-state index contributed by atoms with van der Waals surface area (Å²) in [5.74, 6) is 1.45. The van der Waals surface area contributed by atoms with Crippen LogP contribution in [-0.2, 0) is 11.8 Å². The molecule has 2 aromatic carbocycles. The molecule has 0 aliphatic rings. The van der Waals surface area contributed by atoms with Crippen molar-refractivity contribution >= 4 is 56.9 Å². The second-order valence-electron chi connectivity index (χ2n) is 5.86. The summed E-state index contributed by atoms with van der Waals surface area (Å²) in [4.78, 5) is 12.2. The highest BCUT2D eigenvalue weighted by molar-refractivity contribution is 14.1. The number of amides is 1. The maximum atomic E-state index is 12.2. The molecule has 2 heterocycles. The summed E-state index contributed by atoms with van der Waals surface area (Å²) in [5.41, 5.74) is 1.59. The van der Waals surface area contributed by atoms with Crippen molar-refractivity contribution < 1.29 is 9.21 Å². The standard InChI is InChI=1S/C19H15IN4O2S/c1-24-18(16-9-12-5-2-3-8-15(12)26-16)22-23-19(24)27-11-17(25)21-14-7-4-6-13(20)10-14/h2-10H,11H2,1H3,(H,21,25). The molecule has 4 rings (SSSR count). The maximum absolute atomic E-state index is 12.2. The highest BCUT2D eigenvalue weighted by Gasteiger charge is 2.16. The molecule has 0 saturated carbocycles. The lowest BCUT2D eigenvalue weighted by Gasteiger charge is -2.05. The largest absolute Gasteiger partial charge is 0.453 e. The van der Waals surface area contributed by atoms with Gasteiger partial charge in [-0.1, -0.05) is 36.0 Å². The molecule has 2 aromatic heterocycles. The normalized spacial score (nSPS) is 11.0. The average molecular weight is 490 g/mol. The molecular weight excluding hydrogens is 475 g/mol. The topological polar surface area (TPSA) is 73.0 Å². The van der Waals surface area contributed by atoms with Gasteiger partial charge in [-0.25, -0.2) is 0 Å². The van der Waals surface area contributed by atoms with E-state index in [1.165, 1.54) is 11.8 Å². The van der Waals surface area contributed by atoms with Crippen LogP contribution in [0.1, 0.15) is 0 Å². The summed E-state index contributed by atoms with van der Waals surface area (Å²) in [6.45, 7) is 0. The van der Waals surface area contributed by atoms with Gasteiger partial charge in [-0.05, 0) is 52.9 Å². The number of furan rings is 1. The first kappa shape index (κ1) is 18.1. The van der Waals surface area contributed by atoms with Gasteiger partial charge in [0, 0.05) is 21.7 Å². The van der Waals surface area contributed by atoms with Crippen LogP contribution in [-0.4, -0.2) is 26.4 Å². The molecule has 1 amide bonds. The monoisotopic (exact) mass is 490 g/mol. The molecule has 4 aromatic rings. The van der Waals surface area contributed by atoms with Gasteiger partial charge in [-0.15, -0.1) is 10.2 Å². The number of carbonyl (C=O) groups excluding carboxylic acids is 1. The molecule has 0 radical (unpaired) electrons. The minimum Gasteiger partial charge on any atom is -0.453 e. The number of aromatic nitrogens is 3. The van der Waals surface area contributed by atoms with Gasteiger partial charge in [0.15, 0.2) is 16.7 Å². The first-order valence-corrected chi connectivity index (χ1v) is 10.2. The Labute approximate surface area is 173 Å². The number of benzene rings is 2. The van der Waals surface area contributed by atoms with Crippen molar-refractivity contribution in [2.75, 3.05) is 11.1 Å². The molecule has 136 valence electrons. The third-order valence-corrected chi connectivity index (χ3v) is 5.61. The molecule has 8 heteroatoms. The van der Waals surface area contributed by atoms with Crippen molar-refractivity contribution in [3.63, 3.8) is 0 Å². The molecule has 6 nitrogen and oxygen atoms in total. The van der Waals surface area contributed by atoms with E-state index in [1.807, 2.05) is 66.2 Å². The molecular formula is C19H15IN4O2S. The highest BCUT2D eigenvalue weighted by Crippen LogP contribution is 2.28. The van der Waals surface area contributed by atoms with E-state index < -0.39 is 0 Å². The second-order valence-corrected chi connectivity index (χ2v) is 8.05. The number of rotatable bonds is 5. The molecule has 0 saturated heterocycles. The summed E-state index contributed by atoms with van der Waals surface area (Å²) < 4.78 is 8.76. The van der Waals surface area contributed by atoms with Crippen LogP contribution in [0.25, 0.3) is 22.6 Å². The predicted molar refractivity (Wildman–Crippen MR) is 115 cm³/mol. The molecule has 1 N–H and O–H groups in total. The Morgan fingerprint density at radius 2 is 2.04 bits per heavy atom. The lowest BCUT2D eigenvalue weighted by atomic mass is 10.2. The van der Waals surface area contributed by atoms with Gasteiger partial charge < -0.3 is 14.3 Å². The maximum Gasteiger partial charge on any atom is 0.234 e. The zero-order chi connectivity index (χ0) is 18.8. The Morgan fingerprint density at radius 3 is 2.85 bits per heavy atom. The van der Waals surface area contributed by atoms with Crippen LogP contribution in [0.5, 0.6) is 0 Å². The Balaban J connectivity index is 1.45. The van der Waals surface area contributed by atoms with Crippen molar-refractivity contribution in [1.82, 2.24) is 14.8 Å². The number of nitrogens with one attached hydrogen (secondary N) is 1. The second kappa shape index (κ2) is 7.73. The van der Waals surface area contributed by atoms with Gasteiger partial charge in [-0.2, -0.15) is 0 Å². The molecule has 0 aliphatic heterocycles. The minimum absolute atomic E-state index is 0.0877. The van der Waals surface area contributed by atoms with Crippen LogP contribution in [0.15, 0.2) is 64.2 Å². The van der Waals surface area contributed by atoms with Gasteiger partial charge in [0.05, 0.1) is 5.75 Å². The SMILES string of the molecule is Cn1c(SCC(=O)Nc2cccc(I)c2)nnc1-c1cc2ccccc2o1. The Morgan fingerprint density at radius 1 is 1.19 bits per heavy atom. The summed E-state index contributed by atoms with van der Waals surface area (Å²) in [7, 11) is 1.86. The molecule has 0 fully saturated rings. The zero-order valence-corrected chi connectivity index (χ0v) is 17.3. The third kappa shape index (κ3) is 4.01. The molecule has 0 unspecified atom stereocenters. The molecule has 0 bridgehead atoms. The third-order valence-electron chi connectivity index (χ3n) is 3.92. The molecule has 0 aliphatic carbocycles. The van der Waals surface area contributed by atoms with Crippen LogP contribution in [0, 0.1) is 3.57 Å². The van der Waals surface area contributed by atoms with Crippen LogP contribution in [0.3, 0.4) is 0 Å². The highest BCUT2D eigenvalue weighted by atomic mass is 127. The van der Waals surface area contributed by atoms with E-state index in [-0.39, 0.29) is 11.7 Å². The number of fused-ring (bicyclic) bond motifs is 1. The number of halogens is 1. The minimum atomic E-state index is -0.0877. The van der Waals surface area contributed by atoms with Crippen molar-refractivity contribution in [2.24, 2.45) is 7.05 Å². The van der Waals surface area contributed by atoms with Crippen LogP contribution >= 0.6 is 34.4 Å². The number of anilines is 1. The van der Waals surface area contributed by atoms with E-state index in [0.717, 1.165) is 20.2 Å². The smallest absolute Gasteiger partial charge is 0.234 e. The van der Waals surface area contributed by atoms with E-state index in [4.69, 9.17) is 4.42 Å².